The lowest BCUT2D eigenvalue weighted by atomic mass is 10.1. The van der Waals surface area contributed by atoms with Crippen LogP contribution < -0.4 is 0 Å². The van der Waals surface area contributed by atoms with Crippen molar-refractivity contribution >= 4 is 23.2 Å². The summed E-state index contributed by atoms with van der Waals surface area (Å²) in [5.41, 5.74) is -1.80. The summed E-state index contributed by atoms with van der Waals surface area (Å²) in [6.07, 6.45) is -3.91. The average Bonchev–Trinajstić information content (AvgIpc) is 2.28. The SMILES string of the molecule is Fc1c(C(F)(F)F)ccnc1-c1ccc(Cl)cc1Cl. The largest absolute Gasteiger partial charge is 0.419 e. The molecule has 0 unspecified atom stereocenters. The topological polar surface area (TPSA) is 12.9 Å². The molecule has 0 spiro atoms. The maximum absolute atomic E-state index is 13.9. The molecular formula is C12H5Cl2F4N. The summed E-state index contributed by atoms with van der Waals surface area (Å²) < 4.78 is 51.6. The van der Waals surface area contributed by atoms with Gasteiger partial charge < -0.3 is 0 Å². The van der Waals surface area contributed by atoms with Crippen LogP contribution in [0, 0.1) is 5.82 Å². The fourth-order valence-electron chi connectivity index (χ4n) is 1.53. The van der Waals surface area contributed by atoms with Crippen LogP contribution in [0.5, 0.6) is 0 Å². The summed E-state index contributed by atoms with van der Waals surface area (Å²) in [6.45, 7) is 0. The second-order valence-electron chi connectivity index (χ2n) is 3.64. The van der Waals surface area contributed by atoms with Crippen LogP contribution in [0.4, 0.5) is 17.6 Å². The third-order valence-corrected chi connectivity index (χ3v) is 2.93. The number of aromatic nitrogens is 1. The summed E-state index contributed by atoms with van der Waals surface area (Å²) in [5.74, 6) is -1.46. The monoisotopic (exact) mass is 309 g/mol. The van der Waals surface area contributed by atoms with Crippen molar-refractivity contribution in [3.63, 3.8) is 0 Å². The van der Waals surface area contributed by atoms with Crippen LogP contribution in [0.3, 0.4) is 0 Å². The van der Waals surface area contributed by atoms with Crippen LogP contribution >= 0.6 is 23.2 Å². The third kappa shape index (κ3) is 2.82. The minimum Gasteiger partial charge on any atom is -0.253 e. The molecule has 7 heteroatoms. The molecule has 1 heterocycles. The van der Waals surface area contributed by atoms with E-state index in [1.807, 2.05) is 0 Å². The normalized spacial score (nSPS) is 11.7. The molecule has 0 saturated heterocycles. The molecule has 0 aliphatic carbocycles. The lowest BCUT2D eigenvalue weighted by molar-refractivity contribution is -0.140. The van der Waals surface area contributed by atoms with E-state index in [1.165, 1.54) is 18.2 Å². The molecule has 0 atom stereocenters. The molecule has 1 nitrogen and oxygen atoms in total. The van der Waals surface area contributed by atoms with E-state index in [0.29, 0.717) is 11.1 Å². The fraction of sp³-hybridized carbons (Fsp3) is 0.0833. The minimum atomic E-state index is -4.79. The maximum Gasteiger partial charge on any atom is 0.419 e. The predicted octanol–water partition coefficient (Wildman–Crippen LogP) is 5.21. The number of halogens is 6. The Morgan fingerprint density at radius 3 is 2.32 bits per heavy atom. The van der Waals surface area contributed by atoms with Gasteiger partial charge in [0.2, 0.25) is 0 Å². The zero-order valence-electron chi connectivity index (χ0n) is 9.10. The molecule has 1 aromatic heterocycles. The summed E-state index contributed by atoms with van der Waals surface area (Å²) >= 11 is 11.5. The van der Waals surface area contributed by atoms with Gasteiger partial charge in [-0.05, 0) is 24.3 Å². The Morgan fingerprint density at radius 1 is 1.05 bits per heavy atom. The number of pyridine rings is 1. The highest BCUT2D eigenvalue weighted by Crippen LogP contribution is 2.36. The molecule has 0 N–H and O–H groups in total. The van der Waals surface area contributed by atoms with Crippen LogP contribution in [-0.4, -0.2) is 4.98 Å². The molecule has 0 saturated carbocycles. The first-order chi connectivity index (χ1) is 8.80. The highest BCUT2D eigenvalue weighted by molar-refractivity contribution is 6.36. The molecule has 0 bridgehead atoms. The molecule has 100 valence electrons. The molecule has 2 rings (SSSR count). The first-order valence-electron chi connectivity index (χ1n) is 4.98. The van der Waals surface area contributed by atoms with E-state index in [0.717, 1.165) is 6.20 Å². The van der Waals surface area contributed by atoms with Crippen molar-refractivity contribution in [3.8, 4) is 11.3 Å². The molecular weight excluding hydrogens is 305 g/mol. The minimum absolute atomic E-state index is 0.0261. The molecule has 0 radical (unpaired) electrons. The highest BCUT2D eigenvalue weighted by atomic mass is 35.5. The fourth-order valence-corrected chi connectivity index (χ4v) is 2.03. The maximum atomic E-state index is 13.9. The van der Waals surface area contributed by atoms with Crippen molar-refractivity contribution in [3.05, 3.63) is 51.9 Å². The smallest absolute Gasteiger partial charge is 0.253 e. The van der Waals surface area contributed by atoms with Crippen LogP contribution in [0.2, 0.25) is 10.0 Å². The van der Waals surface area contributed by atoms with E-state index >= 15 is 0 Å². The van der Waals surface area contributed by atoms with E-state index < -0.39 is 23.3 Å². The Hall–Kier alpha value is -1.33. The van der Waals surface area contributed by atoms with Gasteiger partial charge in [0.15, 0.2) is 5.82 Å². The highest BCUT2D eigenvalue weighted by Gasteiger charge is 2.35. The Labute approximate surface area is 115 Å². The quantitative estimate of drug-likeness (QED) is 0.659. The number of nitrogens with zero attached hydrogens (tertiary/aromatic N) is 1. The average molecular weight is 310 g/mol. The van der Waals surface area contributed by atoms with Gasteiger partial charge >= 0.3 is 6.18 Å². The number of hydrogen-bond donors (Lipinski definition) is 0. The van der Waals surface area contributed by atoms with E-state index in [-0.39, 0.29) is 10.6 Å². The standard InChI is InChI=1S/C12H5Cl2F4N/c13-6-1-2-7(9(14)5-6)11-10(15)8(3-4-19-11)12(16,17)18/h1-5H. The lowest BCUT2D eigenvalue weighted by Gasteiger charge is -2.11. The van der Waals surface area contributed by atoms with Crippen LogP contribution in [0.15, 0.2) is 30.5 Å². The zero-order valence-corrected chi connectivity index (χ0v) is 10.6. The van der Waals surface area contributed by atoms with Crippen molar-refractivity contribution in [2.75, 3.05) is 0 Å². The van der Waals surface area contributed by atoms with Gasteiger partial charge in [0, 0.05) is 16.8 Å². The molecule has 2 aromatic rings. The molecule has 0 fully saturated rings. The van der Waals surface area contributed by atoms with Crippen molar-refractivity contribution in [2.24, 2.45) is 0 Å². The third-order valence-electron chi connectivity index (χ3n) is 2.38. The summed E-state index contributed by atoms with van der Waals surface area (Å²) in [5, 5.41) is 0.319. The molecule has 0 amide bonds. The molecule has 0 aliphatic rings. The lowest BCUT2D eigenvalue weighted by Crippen LogP contribution is -2.09. The number of rotatable bonds is 1. The van der Waals surface area contributed by atoms with Gasteiger partial charge in [-0.25, -0.2) is 4.39 Å². The van der Waals surface area contributed by atoms with Crippen molar-refractivity contribution in [2.45, 2.75) is 6.18 Å². The number of benzene rings is 1. The summed E-state index contributed by atoms with van der Waals surface area (Å²) in [6, 6.07) is 4.59. The Bertz CT molecular complexity index is 626. The van der Waals surface area contributed by atoms with Crippen LogP contribution in [0.1, 0.15) is 5.56 Å². The van der Waals surface area contributed by atoms with Gasteiger partial charge in [-0.1, -0.05) is 23.2 Å². The van der Waals surface area contributed by atoms with E-state index in [1.54, 1.807) is 0 Å². The molecule has 1 aromatic carbocycles. The number of alkyl halides is 3. The Kier molecular flexibility index (Phi) is 3.69. The van der Waals surface area contributed by atoms with Crippen LogP contribution in [0.25, 0.3) is 11.3 Å². The predicted molar refractivity (Wildman–Crippen MR) is 64.7 cm³/mol. The van der Waals surface area contributed by atoms with E-state index in [2.05, 4.69) is 4.98 Å². The zero-order chi connectivity index (χ0) is 14.2. The molecule has 0 aliphatic heterocycles. The van der Waals surface area contributed by atoms with Crippen molar-refractivity contribution < 1.29 is 17.6 Å². The van der Waals surface area contributed by atoms with Gasteiger partial charge in [0.05, 0.1) is 10.6 Å². The van der Waals surface area contributed by atoms with Gasteiger partial charge in [0.1, 0.15) is 5.69 Å². The first kappa shape index (κ1) is 14.1. The first-order valence-corrected chi connectivity index (χ1v) is 5.73. The van der Waals surface area contributed by atoms with Gasteiger partial charge in [-0.3, -0.25) is 4.98 Å². The Morgan fingerprint density at radius 2 is 1.74 bits per heavy atom. The van der Waals surface area contributed by atoms with Crippen LogP contribution in [-0.2, 0) is 6.18 Å². The van der Waals surface area contributed by atoms with Gasteiger partial charge in [0.25, 0.3) is 0 Å². The van der Waals surface area contributed by atoms with Gasteiger partial charge in [-0.15, -0.1) is 0 Å². The number of hydrogen-bond acceptors (Lipinski definition) is 1. The second kappa shape index (κ2) is 4.98. The van der Waals surface area contributed by atoms with E-state index in [4.69, 9.17) is 23.2 Å². The molecule has 19 heavy (non-hydrogen) atoms. The summed E-state index contributed by atoms with van der Waals surface area (Å²) in [4.78, 5) is 3.61. The van der Waals surface area contributed by atoms with E-state index in [9.17, 15) is 17.6 Å². The van der Waals surface area contributed by atoms with Gasteiger partial charge in [-0.2, -0.15) is 13.2 Å². The Balaban J connectivity index is 2.64. The van der Waals surface area contributed by atoms with Crippen molar-refractivity contribution in [1.82, 2.24) is 4.98 Å². The van der Waals surface area contributed by atoms with Crippen molar-refractivity contribution in [1.29, 1.82) is 0 Å². The second-order valence-corrected chi connectivity index (χ2v) is 4.49. The summed E-state index contributed by atoms with van der Waals surface area (Å²) in [7, 11) is 0.